The summed E-state index contributed by atoms with van der Waals surface area (Å²) in [4.78, 5) is -0.208. The second kappa shape index (κ2) is 3.59. The molecule has 0 heterocycles. The molecule has 1 nitrogen and oxygen atoms in total. The smallest absolute Gasteiger partial charge is 0.0614 e. The first kappa shape index (κ1) is 10.2. The van der Waals surface area contributed by atoms with E-state index in [2.05, 4.69) is 27.7 Å². The fraction of sp³-hybridized carbons (Fsp3) is 1.00. The third kappa shape index (κ3) is 1.86. The van der Waals surface area contributed by atoms with E-state index < -0.39 is 0 Å². The van der Waals surface area contributed by atoms with Gasteiger partial charge in [-0.15, -0.1) is 11.6 Å². The van der Waals surface area contributed by atoms with Crippen LogP contribution in [0.4, 0.5) is 0 Å². The molecule has 0 aliphatic carbocycles. The van der Waals surface area contributed by atoms with Crippen molar-refractivity contribution in [2.45, 2.75) is 32.6 Å². The molecular weight excluding hydrogens is 146 g/mol. The lowest BCUT2D eigenvalue weighted by atomic mass is 9.85. The van der Waals surface area contributed by atoms with Crippen LogP contribution in [0.15, 0.2) is 0 Å². The quantitative estimate of drug-likeness (QED) is 0.635. The maximum atomic E-state index is 6.27. The van der Waals surface area contributed by atoms with Crippen molar-refractivity contribution in [2.24, 2.45) is 17.6 Å². The van der Waals surface area contributed by atoms with Crippen LogP contribution in [0.5, 0.6) is 0 Å². The number of rotatable bonds is 3. The van der Waals surface area contributed by atoms with Crippen molar-refractivity contribution in [3.63, 3.8) is 0 Å². The van der Waals surface area contributed by atoms with Gasteiger partial charge in [0.05, 0.1) is 4.87 Å². The highest BCUT2D eigenvalue weighted by Crippen LogP contribution is 2.31. The first-order valence-electron chi connectivity index (χ1n) is 3.84. The third-order valence-corrected chi connectivity index (χ3v) is 3.26. The van der Waals surface area contributed by atoms with Gasteiger partial charge in [-0.1, -0.05) is 27.7 Å². The fourth-order valence-electron chi connectivity index (χ4n) is 1.14. The molecule has 0 amide bonds. The number of nitrogens with two attached hydrogens (primary N) is 1. The predicted molar refractivity (Wildman–Crippen MR) is 47.3 cm³/mol. The summed E-state index contributed by atoms with van der Waals surface area (Å²) in [7, 11) is 0. The normalized spacial score (nSPS) is 13.2. The number of alkyl halides is 1. The Morgan fingerprint density at radius 1 is 1.20 bits per heavy atom. The molecule has 0 aliphatic rings. The van der Waals surface area contributed by atoms with E-state index in [1.165, 1.54) is 0 Å². The number of hydrogen-bond donors (Lipinski definition) is 1. The van der Waals surface area contributed by atoms with Crippen LogP contribution < -0.4 is 5.73 Å². The van der Waals surface area contributed by atoms with E-state index in [0.29, 0.717) is 18.4 Å². The molecule has 0 spiro atoms. The first-order chi connectivity index (χ1) is 4.45. The molecule has 2 N–H and O–H groups in total. The highest BCUT2D eigenvalue weighted by atomic mass is 35.5. The zero-order valence-electron chi connectivity index (χ0n) is 7.32. The van der Waals surface area contributed by atoms with Crippen LogP contribution in [0.2, 0.25) is 0 Å². The minimum Gasteiger partial charge on any atom is -0.329 e. The lowest BCUT2D eigenvalue weighted by Crippen LogP contribution is -2.42. The summed E-state index contributed by atoms with van der Waals surface area (Å²) < 4.78 is 0. The average Bonchev–Trinajstić information content (AvgIpc) is 1.85. The lowest BCUT2D eigenvalue weighted by Gasteiger charge is -2.33. The minimum absolute atomic E-state index is 0.208. The molecule has 0 atom stereocenters. The molecule has 0 unspecified atom stereocenters. The summed E-state index contributed by atoms with van der Waals surface area (Å²) in [6, 6.07) is 0. The van der Waals surface area contributed by atoms with Gasteiger partial charge in [0.25, 0.3) is 0 Å². The van der Waals surface area contributed by atoms with Crippen molar-refractivity contribution < 1.29 is 0 Å². The molecule has 0 radical (unpaired) electrons. The van der Waals surface area contributed by atoms with E-state index in [9.17, 15) is 0 Å². The lowest BCUT2D eigenvalue weighted by molar-refractivity contribution is 0.332. The predicted octanol–water partition coefficient (Wildman–Crippen LogP) is 2.23. The Hall–Kier alpha value is 0.250. The van der Waals surface area contributed by atoms with Crippen LogP contribution in [0, 0.1) is 11.8 Å². The molecule has 10 heavy (non-hydrogen) atoms. The van der Waals surface area contributed by atoms with Crippen LogP contribution >= 0.6 is 11.6 Å². The summed E-state index contributed by atoms with van der Waals surface area (Å²) in [6.07, 6.45) is 0. The Labute approximate surface area is 68.9 Å². The van der Waals surface area contributed by atoms with Crippen LogP contribution in [0.3, 0.4) is 0 Å². The fourth-order valence-corrected chi connectivity index (χ4v) is 1.14. The molecule has 0 rings (SSSR count). The molecule has 0 fully saturated rings. The minimum atomic E-state index is -0.208. The Morgan fingerprint density at radius 2 is 1.50 bits per heavy atom. The van der Waals surface area contributed by atoms with Gasteiger partial charge in [0.15, 0.2) is 0 Å². The van der Waals surface area contributed by atoms with E-state index in [-0.39, 0.29) is 4.87 Å². The maximum Gasteiger partial charge on any atom is 0.0614 e. The summed E-state index contributed by atoms with van der Waals surface area (Å²) in [5, 5.41) is 0. The molecule has 0 aromatic rings. The average molecular weight is 164 g/mol. The maximum absolute atomic E-state index is 6.27. The number of hydrogen-bond acceptors (Lipinski definition) is 1. The van der Waals surface area contributed by atoms with Gasteiger partial charge < -0.3 is 5.73 Å². The van der Waals surface area contributed by atoms with Crippen molar-refractivity contribution in [3.05, 3.63) is 0 Å². The molecule has 2 heteroatoms. The Kier molecular flexibility index (Phi) is 3.68. The molecule has 0 aliphatic heterocycles. The SMILES string of the molecule is CC(C)C(Cl)(CN)C(C)C. The summed E-state index contributed by atoms with van der Waals surface area (Å²) >= 11 is 6.27. The van der Waals surface area contributed by atoms with Gasteiger partial charge in [0.2, 0.25) is 0 Å². The Balaban J connectivity index is 4.23. The number of halogens is 1. The van der Waals surface area contributed by atoms with Gasteiger partial charge in [-0.25, -0.2) is 0 Å². The van der Waals surface area contributed by atoms with Crippen molar-refractivity contribution >= 4 is 11.6 Å². The molecule has 0 saturated heterocycles. The highest BCUT2D eigenvalue weighted by molar-refractivity contribution is 6.24. The third-order valence-electron chi connectivity index (χ3n) is 2.23. The molecule has 0 bridgehead atoms. The Morgan fingerprint density at radius 3 is 1.50 bits per heavy atom. The molecule has 0 saturated carbocycles. The van der Waals surface area contributed by atoms with E-state index in [1.807, 2.05) is 0 Å². The Bertz CT molecular complexity index is 91.4. The van der Waals surface area contributed by atoms with Gasteiger partial charge in [-0.05, 0) is 11.8 Å². The topological polar surface area (TPSA) is 26.0 Å². The zero-order valence-corrected chi connectivity index (χ0v) is 8.07. The van der Waals surface area contributed by atoms with Gasteiger partial charge in [-0.2, -0.15) is 0 Å². The van der Waals surface area contributed by atoms with Crippen molar-refractivity contribution in [1.29, 1.82) is 0 Å². The second-order valence-corrected chi connectivity index (χ2v) is 4.14. The summed E-state index contributed by atoms with van der Waals surface area (Å²) in [5.74, 6) is 0.887. The van der Waals surface area contributed by atoms with Crippen molar-refractivity contribution in [2.75, 3.05) is 6.54 Å². The molecule has 0 aromatic carbocycles. The van der Waals surface area contributed by atoms with Crippen LogP contribution in [-0.2, 0) is 0 Å². The van der Waals surface area contributed by atoms with E-state index in [0.717, 1.165) is 0 Å². The van der Waals surface area contributed by atoms with Gasteiger partial charge in [-0.3, -0.25) is 0 Å². The van der Waals surface area contributed by atoms with Crippen molar-refractivity contribution in [3.8, 4) is 0 Å². The molecule has 0 aromatic heterocycles. The van der Waals surface area contributed by atoms with Crippen molar-refractivity contribution in [1.82, 2.24) is 0 Å². The zero-order chi connectivity index (χ0) is 8.36. The first-order valence-corrected chi connectivity index (χ1v) is 4.22. The largest absolute Gasteiger partial charge is 0.329 e. The van der Waals surface area contributed by atoms with E-state index in [1.54, 1.807) is 0 Å². The molecule has 62 valence electrons. The highest BCUT2D eigenvalue weighted by Gasteiger charge is 2.32. The van der Waals surface area contributed by atoms with Crippen LogP contribution in [0.1, 0.15) is 27.7 Å². The van der Waals surface area contributed by atoms with Gasteiger partial charge in [0, 0.05) is 6.54 Å². The standard InChI is InChI=1S/C8H18ClN/c1-6(2)8(9,5-10)7(3)4/h6-7H,5,10H2,1-4H3. The van der Waals surface area contributed by atoms with Gasteiger partial charge >= 0.3 is 0 Å². The molecular formula is C8H18ClN. The van der Waals surface area contributed by atoms with E-state index in [4.69, 9.17) is 17.3 Å². The van der Waals surface area contributed by atoms with Crippen LogP contribution in [-0.4, -0.2) is 11.4 Å². The summed E-state index contributed by atoms with van der Waals surface area (Å²) in [6.45, 7) is 9.00. The summed E-state index contributed by atoms with van der Waals surface area (Å²) in [5.41, 5.74) is 5.58. The monoisotopic (exact) mass is 163 g/mol. The van der Waals surface area contributed by atoms with Crippen LogP contribution in [0.25, 0.3) is 0 Å². The van der Waals surface area contributed by atoms with Gasteiger partial charge in [0.1, 0.15) is 0 Å². The second-order valence-electron chi connectivity index (χ2n) is 3.44. The van der Waals surface area contributed by atoms with E-state index >= 15 is 0 Å².